The lowest BCUT2D eigenvalue weighted by molar-refractivity contribution is 0.246. The van der Waals surface area contributed by atoms with Crippen LogP contribution in [0.5, 0.6) is 0 Å². The average Bonchev–Trinajstić information content (AvgIpc) is 2.39. The van der Waals surface area contributed by atoms with Gasteiger partial charge in [0.05, 0.1) is 17.9 Å². The van der Waals surface area contributed by atoms with Crippen molar-refractivity contribution >= 4 is 28.7 Å². The molecule has 1 heterocycles. The van der Waals surface area contributed by atoms with Crippen LogP contribution in [-0.4, -0.2) is 27.0 Å². The van der Waals surface area contributed by atoms with Gasteiger partial charge in [-0.3, -0.25) is 9.45 Å². The Hall–Kier alpha value is -1.77. The quantitative estimate of drug-likeness (QED) is 0.714. The monoisotopic (exact) mass is 282 g/mol. The highest BCUT2D eigenvalue weighted by atomic mass is 32.2. The van der Waals surface area contributed by atoms with E-state index in [0.717, 1.165) is 11.3 Å². The summed E-state index contributed by atoms with van der Waals surface area (Å²) in [5.41, 5.74) is 4.65. The molecule has 7 nitrogen and oxygen atoms in total. The van der Waals surface area contributed by atoms with E-state index in [1.54, 1.807) is 17.0 Å². The third kappa shape index (κ3) is 3.37. The van der Waals surface area contributed by atoms with E-state index in [1.165, 1.54) is 0 Å². The Morgan fingerprint density at radius 3 is 3.00 bits per heavy atom. The molecule has 0 aromatic heterocycles. The number of nitrogens with zero attached hydrogens (tertiary/aromatic N) is 2. The van der Waals surface area contributed by atoms with Gasteiger partial charge in [-0.2, -0.15) is 5.10 Å². The summed E-state index contributed by atoms with van der Waals surface area (Å²) < 4.78 is 21.8. The van der Waals surface area contributed by atoms with E-state index in [0.29, 0.717) is 12.2 Å². The zero-order valence-corrected chi connectivity index (χ0v) is 11.1. The van der Waals surface area contributed by atoms with Crippen molar-refractivity contribution in [3.63, 3.8) is 0 Å². The molecule has 8 heteroatoms. The van der Waals surface area contributed by atoms with Crippen molar-refractivity contribution in [3.05, 3.63) is 29.8 Å². The molecule has 0 saturated heterocycles. The minimum atomic E-state index is -2.09. The zero-order chi connectivity index (χ0) is 13.8. The number of amides is 2. The maximum Gasteiger partial charge on any atom is 0.342 e. The number of benzene rings is 1. The highest BCUT2D eigenvalue weighted by molar-refractivity contribution is 7.77. The molecule has 1 aliphatic rings. The summed E-state index contributed by atoms with van der Waals surface area (Å²) in [5, 5.41) is 3.86. The van der Waals surface area contributed by atoms with Crippen LogP contribution in [0.1, 0.15) is 12.5 Å². The van der Waals surface area contributed by atoms with E-state index in [9.17, 15) is 9.00 Å². The fraction of sp³-hybridized carbons (Fsp3) is 0.273. The first-order valence-corrected chi connectivity index (χ1v) is 6.71. The van der Waals surface area contributed by atoms with Crippen LogP contribution in [-0.2, 0) is 17.8 Å². The van der Waals surface area contributed by atoms with Crippen LogP contribution in [0.3, 0.4) is 0 Å². The fourth-order valence-corrected chi connectivity index (χ4v) is 2.08. The normalized spacial score (nSPS) is 16.8. The number of hydrogen-bond donors (Lipinski definition) is 3. The van der Waals surface area contributed by atoms with Crippen molar-refractivity contribution in [2.45, 2.75) is 13.5 Å². The lowest BCUT2D eigenvalue weighted by Crippen LogP contribution is -2.45. The fourth-order valence-electron chi connectivity index (χ4n) is 1.80. The van der Waals surface area contributed by atoms with Gasteiger partial charge in [-0.25, -0.2) is 19.2 Å². The smallest absolute Gasteiger partial charge is 0.294 e. The molecule has 1 aliphatic heterocycles. The van der Waals surface area contributed by atoms with Crippen LogP contribution in [0.15, 0.2) is 29.4 Å². The Labute approximate surface area is 113 Å². The number of hydrazone groups is 1. The van der Waals surface area contributed by atoms with E-state index < -0.39 is 11.3 Å². The lowest BCUT2D eigenvalue weighted by Gasteiger charge is -2.27. The molecule has 0 aliphatic carbocycles. The largest absolute Gasteiger partial charge is 0.342 e. The number of carbonyl (C=O) groups is 1. The third-order valence-electron chi connectivity index (χ3n) is 2.64. The second-order valence-electron chi connectivity index (χ2n) is 4.05. The van der Waals surface area contributed by atoms with Crippen LogP contribution in [0.2, 0.25) is 0 Å². The first-order valence-electron chi connectivity index (χ1n) is 5.61. The Balaban J connectivity index is 2.26. The summed E-state index contributed by atoms with van der Waals surface area (Å²) in [6.07, 6.45) is 0. The molecular weight excluding hydrogens is 268 g/mol. The van der Waals surface area contributed by atoms with Gasteiger partial charge in [0.25, 0.3) is 0 Å². The second-order valence-corrected chi connectivity index (χ2v) is 4.84. The van der Waals surface area contributed by atoms with Crippen LogP contribution < -0.4 is 15.0 Å². The van der Waals surface area contributed by atoms with Gasteiger partial charge in [0, 0.05) is 6.54 Å². The lowest BCUT2D eigenvalue weighted by atomic mass is 10.1. The van der Waals surface area contributed by atoms with E-state index >= 15 is 0 Å². The number of urea groups is 1. The first kappa shape index (κ1) is 13.7. The molecule has 1 atom stereocenters. The van der Waals surface area contributed by atoms with Crippen molar-refractivity contribution in [3.8, 4) is 0 Å². The molecule has 0 saturated carbocycles. The molecule has 102 valence electrons. The molecule has 2 rings (SSSR count). The zero-order valence-electron chi connectivity index (χ0n) is 10.3. The molecule has 0 radical (unpaired) electrons. The van der Waals surface area contributed by atoms with Crippen molar-refractivity contribution < 1.29 is 13.6 Å². The standard InChI is InChI=1S/C11H14N4O3S/c1-8-7-15(11(16)14-13-8)10-5-3-2-4-9(10)6-12-19(17)18/h2-5,12H,6-7H2,1H3,(H,14,16)(H,17,18). The summed E-state index contributed by atoms with van der Waals surface area (Å²) in [7, 11) is 0. The maximum absolute atomic E-state index is 11.8. The molecule has 1 unspecified atom stereocenters. The maximum atomic E-state index is 11.8. The number of para-hydroxylation sites is 1. The Bertz CT molecular complexity index is 546. The minimum Gasteiger partial charge on any atom is -0.294 e. The highest BCUT2D eigenvalue weighted by Gasteiger charge is 2.22. The van der Waals surface area contributed by atoms with E-state index in [2.05, 4.69) is 15.2 Å². The number of nitrogens with one attached hydrogen (secondary N) is 2. The molecule has 1 aromatic carbocycles. The third-order valence-corrected chi connectivity index (χ3v) is 3.03. The summed E-state index contributed by atoms with van der Waals surface area (Å²) in [6, 6.07) is 6.88. The SMILES string of the molecule is CC1=NNC(=O)N(c2ccccc2CNS(=O)O)C1. The van der Waals surface area contributed by atoms with Gasteiger partial charge >= 0.3 is 6.03 Å². The van der Waals surface area contributed by atoms with Gasteiger partial charge < -0.3 is 0 Å². The van der Waals surface area contributed by atoms with E-state index in [1.807, 2.05) is 19.1 Å². The number of rotatable bonds is 4. The predicted octanol–water partition coefficient (Wildman–Crippen LogP) is 0.818. The predicted molar refractivity (Wildman–Crippen MR) is 73.0 cm³/mol. The molecular formula is C11H14N4O3S. The molecule has 0 spiro atoms. The topological polar surface area (TPSA) is 94.0 Å². The summed E-state index contributed by atoms with van der Waals surface area (Å²) in [5.74, 6) is 0. The van der Waals surface area contributed by atoms with Gasteiger partial charge in [-0.05, 0) is 18.6 Å². The average molecular weight is 282 g/mol. The van der Waals surface area contributed by atoms with Gasteiger partial charge in [-0.15, -0.1) is 0 Å². The molecule has 19 heavy (non-hydrogen) atoms. The van der Waals surface area contributed by atoms with Gasteiger partial charge in [-0.1, -0.05) is 18.2 Å². The van der Waals surface area contributed by atoms with Crippen molar-refractivity contribution in [2.24, 2.45) is 5.10 Å². The van der Waals surface area contributed by atoms with Crippen LogP contribution >= 0.6 is 0 Å². The van der Waals surface area contributed by atoms with Crippen molar-refractivity contribution in [1.82, 2.24) is 10.1 Å². The summed E-state index contributed by atoms with van der Waals surface area (Å²) >= 11 is -2.09. The second kappa shape index (κ2) is 5.91. The first-order chi connectivity index (χ1) is 9.08. The molecule has 0 bridgehead atoms. The molecule has 0 fully saturated rings. The molecule has 3 N–H and O–H groups in total. The summed E-state index contributed by atoms with van der Waals surface area (Å²) in [4.78, 5) is 13.3. The van der Waals surface area contributed by atoms with Crippen molar-refractivity contribution in [2.75, 3.05) is 11.4 Å². The van der Waals surface area contributed by atoms with Gasteiger partial charge in [0.1, 0.15) is 0 Å². The van der Waals surface area contributed by atoms with Crippen LogP contribution in [0, 0.1) is 0 Å². The van der Waals surface area contributed by atoms with Crippen molar-refractivity contribution in [1.29, 1.82) is 0 Å². The summed E-state index contributed by atoms with van der Waals surface area (Å²) in [6.45, 7) is 2.40. The highest BCUT2D eigenvalue weighted by Crippen LogP contribution is 2.21. The molecule has 1 aromatic rings. The Kier molecular flexibility index (Phi) is 4.25. The minimum absolute atomic E-state index is 0.194. The van der Waals surface area contributed by atoms with Crippen LogP contribution in [0.4, 0.5) is 10.5 Å². The van der Waals surface area contributed by atoms with Gasteiger partial charge in [0.15, 0.2) is 0 Å². The number of hydrogen-bond acceptors (Lipinski definition) is 3. The Morgan fingerprint density at radius 1 is 1.53 bits per heavy atom. The number of carbonyl (C=O) groups excluding carboxylic acids is 1. The van der Waals surface area contributed by atoms with Crippen LogP contribution in [0.25, 0.3) is 0 Å². The van der Waals surface area contributed by atoms with Gasteiger partial charge in [0.2, 0.25) is 11.3 Å². The molecule has 2 amide bonds. The Morgan fingerprint density at radius 2 is 2.26 bits per heavy atom. The number of anilines is 1. The van der Waals surface area contributed by atoms with E-state index in [4.69, 9.17) is 4.55 Å². The van der Waals surface area contributed by atoms with E-state index in [-0.39, 0.29) is 12.6 Å².